The molecule has 1 aliphatic carbocycles. The van der Waals surface area contributed by atoms with Gasteiger partial charge in [-0.15, -0.1) is 0 Å². The van der Waals surface area contributed by atoms with Gasteiger partial charge in [-0.2, -0.15) is 0 Å². The van der Waals surface area contributed by atoms with E-state index in [9.17, 15) is 19.7 Å². The molecule has 0 bridgehead atoms. The molecule has 0 saturated carbocycles. The van der Waals surface area contributed by atoms with Crippen molar-refractivity contribution in [2.45, 2.75) is 23.7 Å². The zero-order valence-corrected chi connectivity index (χ0v) is 15.8. The molecule has 0 N–H and O–H groups in total. The minimum atomic E-state index is -1.96. The minimum absolute atomic E-state index is 0.249. The third-order valence-corrected chi connectivity index (χ3v) is 6.02. The lowest BCUT2D eigenvalue weighted by atomic mass is 9.75. The van der Waals surface area contributed by atoms with Crippen LogP contribution in [-0.4, -0.2) is 28.1 Å². The molecule has 6 nitrogen and oxygen atoms in total. The van der Waals surface area contributed by atoms with E-state index in [0.717, 1.165) is 0 Å². The van der Waals surface area contributed by atoms with E-state index in [2.05, 4.69) is 0 Å². The minimum Gasteiger partial charge on any atom is -0.342 e. The van der Waals surface area contributed by atoms with Crippen LogP contribution in [0.15, 0.2) is 84.9 Å². The zero-order valence-electron chi connectivity index (χ0n) is 15.8. The van der Waals surface area contributed by atoms with Crippen molar-refractivity contribution in [2.75, 3.05) is 0 Å². The summed E-state index contributed by atoms with van der Waals surface area (Å²) in [6.45, 7) is 0. The maximum Gasteiger partial charge on any atom is 0.253 e. The molecular weight excluding hydrogens is 382 g/mol. The Labute approximate surface area is 172 Å². The predicted molar refractivity (Wildman–Crippen MR) is 108 cm³/mol. The Morgan fingerprint density at radius 3 is 1.70 bits per heavy atom. The van der Waals surface area contributed by atoms with E-state index in [1.54, 1.807) is 84.9 Å². The largest absolute Gasteiger partial charge is 0.342 e. The Kier molecular flexibility index (Phi) is 4.11. The first-order valence-corrected chi connectivity index (χ1v) is 9.65. The molecular formula is C24H17NO5. The molecule has 1 heterocycles. The maximum absolute atomic E-state index is 13.6. The Morgan fingerprint density at radius 2 is 1.20 bits per heavy atom. The van der Waals surface area contributed by atoms with E-state index in [4.69, 9.17) is 4.74 Å². The van der Waals surface area contributed by atoms with Crippen LogP contribution in [0.3, 0.4) is 0 Å². The van der Waals surface area contributed by atoms with E-state index >= 15 is 0 Å². The van der Waals surface area contributed by atoms with Crippen LogP contribution in [0.1, 0.15) is 43.9 Å². The highest BCUT2D eigenvalue weighted by molar-refractivity contribution is 6.33. The number of hydrogen-bond donors (Lipinski definition) is 0. The lowest BCUT2D eigenvalue weighted by Gasteiger charge is -2.26. The molecule has 3 aromatic rings. The molecule has 5 rings (SSSR count). The molecule has 2 aliphatic rings. The summed E-state index contributed by atoms with van der Waals surface area (Å²) in [6.07, 6.45) is -1.03. The van der Waals surface area contributed by atoms with Gasteiger partial charge in [0.05, 0.1) is 5.92 Å². The molecule has 0 radical (unpaired) electrons. The second-order valence-corrected chi connectivity index (χ2v) is 7.55. The van der Waals surface area contributed by atoms with Crippen LogP contribution in [0.2, 0.25) is 0 Å². The second kappa shape index (κ2) is 6.71. The van der Waals surface area contributed by atoms with Gasteiger partial charge in [0.2, 0.25) is 17.2 Å². The SMILES string of the molecule is O=C1c2ccccc2C(=O)C12OC(c1ccccc1)C([N+](=O)[O-])C2c1ccccc1. The molecule has 30 heavy (non-hydrogen) atoms. The van der Waals surface area contributed by atoms with E-state index in [1.807, 2.05) is 0 Å². The Morgan fingerprint density at radius 1 is 0.733 bits per heavy atom. The molecule has 3 atom stereocenters. The zero-order chi connectivity index (χ0) is 20.9. The first-order valence-electron chi connectivity index (χ1n) is 9.65. The predicted octanol–water partition coefficient (Wildman–Crippen LogP) is 4.01. The van der Waals surface area contributed by atoms with Gasteiger partial charge in [-0.1, -0.05) is 84.9 Å². The average Bonchev–Trinajstić information content (AvgIpc) is 3.26. The third kappa shape index (κ3) is 2.40. The van der Waals surface area contributed by atoms with Gasteiger partial charge < -0.3 is 4.74 Å². The number of hydrogen-bond acceptors (Lipinski definition) is 5. The summed E-state index contributed by atoms with van der Waals surface area (Å²) in [4.78, 5) is 39.1. The number of nitrogens with zero attached hydrogens (tertiary/aromatic N) is 1. The summed E-state index contributed by atoms with van der Waals surface area (Å²) in [7, 11) is 0. The van der Waals surface area contributed by atoms with Crippen LogP contribution in [0.5, 0.6) is 0 Å². The number of ketones is 2. The van der Waals surface area contributed by atoms with E-state index < -0.39 is 40.2 Å². The monoisotopic (exact) mass is 399 g/mol. The molecule has 148 valence electrons. The van der Waals surface area contributed by atoms with Gasteiger partial charge in [0.15, 0.2) is 6.10 Å². The van der Waals surface area contributed by atoms with Gasteiger partial charge in [-0.05, 0) is 11.1 Å². The number of Topliss-reactive ketones (excluding diaryl/α,β-unsaturated/α-hetero) is 2. The number of fused-ring (bicyclic) bond motifs is 1. The van der Waals surface area contributed by atoms with E-state index in [1.165, 1.54) is 0 Å². The Bertz CT molecular complexity index is 1120. The summed E-state index contributed by atoms with van der Waals surface area (Å²) in [5.74, 6) is -2.07. The second-order valence-electron chi connectivity index (χ2n) is 7.55. The summed E-state index contributed by atoms with van der Waals surface area (Å²) < 4.78 is 6.20. The van der Waals surface area contributed by atoms with Crippen molar-refractivity contribution >= 4 is 11.6 Å². The van der Waals surface area contributed by atoms with Crippen molar-refractivity contribution < 1.29 is 19.2 Å². The van der Waals surface area contributed by atoms with Gasteiger partial charge in [0.1, 0.15) is 0 Å². The lowest BCUT2D eigenvalue weighted by molar-refractivity contribution is -0.531. The lowest BCUT2D eigenvalue weighted by Crippen LogP contribution is -2.48. The molecule has 1 spiro atoms. The molecule has 3 aromatic carbocycles. The van der Waals surface area contributed by atoms with Crippen molar-refractivity contribution in [2.24, 2.45) is 0 Å². The molecule has 3 unspecified atom stereocenters. The highest BCUT2D eigenvalue weighted by Crippen LogP contribution is 2.55. The third-order valence-electron chi connectivity index (χ3n) is 6.02. The summed E-state index contributed by atoms with van der Waals surface area (Å²) in [5.41, 5.74) is -0.359. The first-order chi connectivity index (χ1) is 14.6. The molecule has 1 aliphatic heterocycles. The number of carbonyl (C=O) groups is 2. The van der Waals surface area contributed by atoms with E-state index in [0.29, 0.717) is 11.1 Å². The smallest absolute Gasteiger partial charge is 0.253 e. The highest BCUT2D eigenvalue weighted by Gasteiger charge is 2.71. The first kappa shape index (κ1) is 18.4. The summed E-state index contributed by atoms with van der Waals surface area (Å²) >= 11 is 0. The fourth-order valence-corrected chi connectivity index (χ4v) is 4.76. The number of carbonyl (C=O) groups excluding carboxylic acids is 2. The van der Waals surface area contributed by atoms with Gasteiger partial charge in [-0.25, -0.2) is 0 Å². The van der Waals surface area contributed by atoms with Gasteiger partial charge in [-0.3, -0.25) is 19.7 Å². The van der Waals surface area contributed by atoms with Crippen molar-refractivity contribution in [3.63, 3.8) is 0 Å². The van der Waals surface area contributed by atoms with Crippen LogP contribution >= 0.6 is 0 Å². The molecule has 1 fully saturated rings. The molecule has 6 heteroatoms. The van der Waals surface area contributed by atoms with Crippen LogP contribution < -0.4 is 0 Å². The molecule has 0 amide bonds. The fourth-order valence-electron chi connectivity index (χ4n) is 4.76. The van der Waals surface area contributed by atoms with Crippen molar-refractivity contribution in [3.8, 4) is 0 Å². The topological polar surface area (TPSA) is 86.5 Å². The van der Waals surface area contributed by atoms with Crippen molar-refractivity contribution in [1.82, 2.24) is 0 Å². The van der Waals surface area contributed by atoms with Gasteiger partial charge in [0, 0.05) is 16.1 Å². The number of nitro groups is 1. The maximum atomic E-state index is 13.6. The number of rotatable bonds is 3. The fraction of sp³-hybridized carbons (Fsp3) is 0.167. The summed E-state index contributed by atoms with van der Waals surface area (Å²) in [6, 6.07) is 22.7. The highest BCUT2D eigenvalue weighted by atomic mass is 16.6. The van der Waals surface area contributed by atoms with Crippen LogP contribution in [0.4, 0.5) is 0 Å². The quantitative estimate of drug-likeness (QED) is 0.377. The normalized spacial score (nSPS) is 24.2. The average molecular weight is 399 g/mol. The van der Waals surface area contributed by atoms with Crippen molar-refractivity contribution in [3.05, 3.63) is 117 Å². The molecule has 0 aromatic heterocycles. The molecule has 1 saturated heterocycles. The summed E-state index contributed by atoms with van der Waals surface area (Å²) in [5, 5.41) is 12.3. The van der Waals surface area contributed by atoms with Gasteiger partial charge in [0.25, 0.3) is 6.04 Å². The van der Waals surface area contributed by atoms with Gasteiger partial charge >= 0.3 is 0 Å². The van der Waals surface area contributed by atoms with Crippen LogP contribution in [0.25, 0.3) is 0 Å². The number of benzene rings is 3. The van der Waals surface area contributed by atoms with Crippen molar-refractivity contribution in [1.29, 1.82) is 0 Å². The van der Waals surface area contributed by atoms with E-state index in [-0.39, 0.29) is 11.1 Å². The Hall–Kier alpha value is -3.64. The Balaban J connectivity index is 1.77. The van der Waals surface area contributed by atoms with Crippen LogP contribution in [0, 0.1) is 10.1 Å². The standard InChI is InChI=1S/C24H17NO5/c26-22-17-13-7-8-14-18(17)23(27)24(22)19(15-9-3-1-4-10-15)20(25(28)29)21(30-24)16-11-5-2-6-12-16/h1-14,19-21H. The number of ether oxygens (including phenoxy) is 1. The van der Waals surface area contributed by atoms with Crippen LogP contribution in [-0.2, 0) is 4.74 Å².